The molecule has 0 aliphatic rings. The SMILES string of the molecule is CC(C)(C)C(=O)CC(=O)C(C)(C)C.CC(C)(C)C(=O)CC(=O)C(C)(C)C.CC(C)(C)C(=O)CC(=O)C(C)(C)C(F)(F)F.CC(C)(C)C(=O)CC(=O)C(C)(C)F.CC(C)(C)C(=O)CC(=O)C(F)(F)F.CCC(CC(F)(F)F)C(=O)CC(=O)C(C)(C)C.CCC(CC)(C(=O)CC(=O)C(CC)(CC)C(F)(F)F)C(F)(F)F.CCC(F)(CC)C(=O)CC(=O)C(F)(CC)CC. The maximum absolute atomic E-state index is 14.0. The highest BCUT2D eigenvalue weighted by Crippen LogP contribution is 2.50. The summed E-state index contributed by atoms with van der Waals surface area (Å²) < 4.78 is 229. The van der Waals surface area contributed by atoms with Gasteiger partial charge >= 0.3 is 30.9 Å². The third kappa shape index (κ3) is 49.7. The zero-order chi connectivity index (χ0) is 103. The zero-order valence-corrected chi connectivity index (χ0v) is 81.1. The van der Waals surface area contributed by atoms with Gasteiger partial charge in [0.2, 0.25) is 5.78 Å². The molecule has 125 heavy (non-hydrogen) atoms. The van der Waals surface area contributed by atoms with Crippen molar-refractivity contribution in [3.05, 3.63) is 0 Å². The van der Waals surface area contributed by atoms with Crippen LogP contribution in [0.5, 0.6) is 0 Å². The third-order valence-electron chi connectivity index (χ3n) is 20.9. The second-order valence-corrected chi connectivity index (χ2v) is 40.2. The van der Waals surface area contributed by atoms with Crippen molar-refractivity contribution in [1.29, 1.82) is 0 Å². The summed E-state index contributed by atoms with van der Waals surface area (Å²) in [4.78, 5) is 183. The number of carbonyl (C=O) groups excluding carboxylic acids is 16. The number of carbonyl (C=O) groups is 16. The van der Waals surface area contributed by atoms with Gasteiger partial charge in [-0.05, 0) is 85.5 Å². The summed E-state index contributed by atoms with van der Waals surface area (Å²) in [7, 11) is 0. The van der Waals surface area contributed by atoms with Gasteiger partial charge in [-0.25, -0.2) is 13.2 Å². The molecule has 0 radical (unpaired) electrons. The molecule has 0 bridgehead atoms. The van der Waals surface area contributed by atoms with E-state index in [2.05, 4.69) is 0 Å². The summed E-state index contributed by atoms with van der Waals surface area (Å²) in [6, 6.07) is 0. The molecule has 1 atom stereocenters. The van der Waals surface area contributed by atoms with Crippen molar-refractivity contribution < 1.29 is 156 Å². The van der Waals surface area contributed by atoms with Crippen molar-refractivity contribution in [2.45, 2.75) is 420 Å². The van der Waals surface area contributed by atoms with E-state index in [-0.39, 0.29) is 86.1 Å². The van der Waals surface area contributed by atoms with Crippen molar-refractivity contribution in [1.82, 2.24) is 0 Å². The van der Waals surface area contributed by atoms with Gasteiger partial charge in [0.1, 0.15) is 68.3 Å². The summed E-state index contributed by atoms with van der Waals surface area (Å²) in [6.45, 7) is 57.5. The fourth-order valence-electron chi connectivity index (χ4n) is 9.25. The number of ketones is 16. The molecule has 34 heteroatoms. The molecule has 0 saturated heterocycles. The lowest BCUT2D eigenvalue weighted by Gasteiger charge is -2.35. The standard InChI is InChI=1S/C15H22F6O2.C13H22F2O2.C12H19F3O2.C11H17F3O2.2C11H20O2.C10H17FO2.C8H11F3O2/c1-5-12(6-2,14(16,17)18)10(22)9-11(23)13(7-3,8-4)15(19,20)21;1-5-12(14,6-2)10(16)9-11(17)13(15,7-3)8-4;1-5-8(7-12(13,14)15)9(16)6-10(17)11(2,3)4;1-9(2,3)7(15)6-8(16)10(4,5)11(12,13)14;2*1-10(2,3)8(12)7-9(13)11(4,5)6;1-9(2,3)7(12)6-8(13)10(4,5)11;1-7(2,3)5(12)4-6(13)8(9,10)11/h5-9H2,1-4H3;5-9H2,1-4H3;8H,5-7H2,1-4H3;6H2,1-5H3;2*7H2,1-6H3;6H2,1-5H3;4H2,1-3H3. The first-order chi connectivity index (χ1) is 54.5. The number of halogens is 18. The van der Waals surface area contributed by atoms with Gasteiger partial charge in [0.05, 0.1) is 57.8 Å². The van der Waals surface area contributed by atoms with Gasteiger partial charge in [-0.3, -0.25) is 76.7 Å². The quantitative estimate of drug-likeness (QED) is 0.0436. The molecule has 0 rings (SSSR count). The van der Waals surface area contributed by atoms with Crippen LogP contribution in [-0.4, -0.2) is 140 Å². The monoisotopic (exact) mass is 1840 g/mol. The van der Waals surface area contributed by atoms with Crippen LogP contribution in [0.1, 0.15) is 372 Å². The van der Waals surface area contributed by atoms with Crippen LogP contribution < -0.4 is 0 Å². The largest absolute Gasteiger partial charge is 0.450 e. The van der Waals surface area contributed by atoms with E-state index >= 15 is 0 Å². The maximum atomic E-state index is 14.0. The van der Waals surface area contributed by atoms with Crippen LogP contribution >= 0.6 is 0 Å². The molecule has 0 aromatic heterocycles. The van der Waals surface area contributed by atoms with E-state index in [1.54, 1.807) is 90.0 Å². The molecule has 0 fully saturated rings. The molecule has 0 saturated carbocycles. The number of hydrogen-bond acceptors (Lipinski definition) is 16. The minimum Gasteiger partial charge on any atom is -0.299 e. The number of alkyl halides is 18. The van der Waals surface area contributed by atoms with E-state index in [1.165, 1.54) is 41.5 Å². The Labute approximate surface area is 730 Å². The summed E-state index contributed by atoms with van der Waals surface area (Å²) in [6.07, 6.45) is -31.4. The molecule has 0 aliphatic heterocycles. The lowest BCUT2D eigenvalue weighted by molar-refractivity contribution is -0.227. The van der Waals surface area contributed by atoms with Gasteiger partial charge in [0.25, 0.3) is 0 Å². The first kappa shape index (κ1) is 134. The molecular formula is C91H148F18O16. The second-order valence-electron chi connectivity index (χ2n) is 40.2. The fourth-order valence-corrected chi connectivity index (χ4v) is 9.25. The maximum Gasteiger partial charge on any atom is 0.450 e. The Morgan fingerprint density at radius 3 is 0.552 bits per heavy atom. The molecule has 0 aromatic rings. The van der Waals surface area contributed by atoms with E-state index < -0.39 is 235 Å². The Bertz CT molecular complexity index is 3180. The average molecular weight is 1840 g/mol. The highest BCUT2D eigenvalue weighted by molar-refractivity contribution is 6.09. The lowest BCUT2D eigenvalue weighted by Crippen LogP contribution is -2.49. The topological polar surface area (TPSA) is 273 Å². The van der Waals surface area contributed by atoms with Crippen molar-refractivity contribution in [3.8, 4) is 0 Å². The predicted octanol–water partition coefficient (Wildman–Crippen LogP) is 25.2. The molecule has 16 nitrogen and oxygen atoms in total. The number of hydrogen-bond donors (Lipinski definition) is 0. The van der Waals surface area contributed by atoms with E-state index in [0.717, 1.165) is 41.5 Å². The fraction of sp³-hybridized carbons (Fsp3) is 0.824. The van der Waals surface area contributed by atoms with E-state index in [4.69, 9.17) is 0 Å². The van der Waals surface area contributed by atoms with Gasteiger partial charge < -0.3 is 0 Å². The molecule has 0 N–H and O–H groups in total. The Morgan fingerprint density at radius 2 is 0.392 bits per heavy atom. The van der Waals surface area contributed by atoms with Crippen LogP contribution in [-0.2, 0) is 76.7 Å². The van der Waals surface area contributed by atoms with Gasteiger partial charge in [0, 0.05) is 49.2 Å². The average Bonchev–Trinajstić information content (AvgIpc) is 0.766. The predicted molar refractivity (Wildman–Crippen MR) is 445 cm³/mol. The Hall–Kier alpha value is -6.54. The van der Waals surface area contributed by atoms with Crippen LogP contribution in [0.3, 0.4) is 0 Å². The smallest absolute Gasteiger partial charge is 0.299 e. The highest BCUT2D eigenvalue weighted by atomic mass is 19.4. The number of Topliss-reactive ketones (excluding diaryl/α,β-unsaturated/α-hetero) is 16. The van der Waals surface area contributed by atoms with Crippen LogP contribution in [0, 0.1) is 65.5 Å². The van der Waals surface area contributed by atoms with E-state index in [0.29, 0.717) is 0 Å². The molecule has 0 aromatic carbocycles. The van der Waals surface area contributed by atoms with Gasteiger partial charge in [-0.1, -0.05) is 228 Å². The molecular weight excluding hydrogens is 1690 g/mol. The van der Waals surface area contributed by atoms with Gasteiger partial charge in [-0.15, -0.1) is 0 Å². The Morgan fingerprint density at radius 1 is 0.208 bits per heavy atom. The third-order valence-corrected chi connectivity index (χ3v) is 20.9. The summed E-state index contributed by atoms with van der Waals surface area (Å²) in [5.74, 6) is -11.6. The minimum atomic E-state index is -4.91. The van der Waals surface area contributed by atoms with Crippen LogP contribution in [0.4, 0.5) is 79.0 Å². The minimum absolute atomic E-state index is 0.0208. The van der Waals surface area contributed by atoms with E-state index in [9.17, 15) is 156 Å². The molecule has 0 amide bonds. The molecule has 734 valence electrons. The normalized spacial score (nSPS) is 13.3. The first-order valence-electron chi connectivity index (χ1n) is 41.5. The molecule has 0 spiro atoms. The highest BCUT2D eigenvalue weighted by Gasteiger charge is 2.62. The number of rotatable bonds is 33. The van der Waals surface area contributed by atoms with Crippen molar-refractivity contribution in [2.24, 2.45) is 65.5 Å². The van der Waals surface area contributed by atoms with Crippen molar-refractivity contribution in [2.75, 3.05) is 0 Å². The zero-order valence-electron chi connectivity index (χ0n) is 81.1. The van der Waals surface area contributed by atoms with Crippen molar-refractivity contribution in [3.63, 3.8) is 0 Å². The Kier molecular flexibility index (Phi) is 54.8. The van der Waals surface area contributed by atoms with Gasteiger partial charge in [-0.2, -0.15) is 65.9 Å². The van der Waals surface area contributed by atoms with Crippen LogP contribution in [0.2, 0.25) is 0 Å². The lowest BCUT2D eigenvalue weighted by atomic mass is 9.71. The van der Waals surface area contributed by atoms with Crippen LogP contribution in [0.15, 0.2) is 0 Å². The molecule has 1 unspecified atom stereocenters. The summed E-state index contributed by atoms with van der Waals surface area (Å²) in [5.41, 5.74) is -18.5. The Balaban J connectivity index is -0.000000210. The second kappa shape index (κ2) is 51.2. The summed E-state index contributed by atoms with van der Waals surface area (Å²) >= 11 is 0. The van der Waals surface area contributed by atoms with Gasteiger partial charge in [0.15, 0.2) is 51.7 Å². The first-order valence-corrected chi connectivity index (χ1v) is 41.5. The van der Waals surface area contributed by atoms with E-state index in [1.807, 2.05) is 83.1 Å². The molecule has 0 aliphatic carbocycles. The van der Waals surface area contributed by atoms with Crippen LogP contribution in [0.25, 0.3) is 0 Å². The summed E-state index contributed by atoms with van der Waals surface area (Å²) in [5, 5.41) is 0. The molecule has 0 heterocycles. The van der Waals surface area contributed by atoms with Crippen molar-refractivity contribution >= 4 is 92.5 Å².